The number of ether oxygens (including phenoxy) is 1. The van der Waals surface area contributed by atoms with E-state index in [4.69, 9.17) is 9.84 Å². The van der Waals surface area contributed by atoms with E-state index in [0.717, 1.165) is 11.1 Å². The summed E-state index contributed by atoms with van der Waals surface area (Å²) in [5.41, 5.74) is 2.50. The Balaban J connectivity index is 1.98. The molecule has 2 aromatic carbocycles. The van der Waals surface area contributed by atoms with Crippen LogP contribution in [-0.4, -0.2) is 36.5 Å². The second kappa shape index (κ2) is 9.91. The van der Waals surface area contributed by atoms with Gasteiger partial charge in [-0.25, -0.2) is 0 Å². The summed E-state index contributed by atoms with van der Waals surface area (Å²) in [6.45, 7) is 1.88. The van der Waals surface area contributed by atoms with Crippen molar-refractivity contribution < 1.29 is 24.2 Å². The van der Waals surface area contributed by atoms with Gasteiger partial charge in [0.25, 0.3) is 5.91 Å². The number of aliphatic carboxylic acids is 1. The number of benzene rings is 2. The van der Waals surface area contributed by atoms with Crippen LogP contribution in [0.3, 0.4) is 0 Å². The topological polar surface area (TPSA) is 105 Å². The standard InChI is InChI=1S/C21H22N2O5/c1-14(17-5-3-4-6-18(17)28-2)13-19(24)23-16-9-7-15(8-10-16)21(27)22-12-11-20(25)26/h3-10,13H,11-12H2,1-2H3,(H,22,27)(H,23,24)(H,25,26). The Morgan fingerprint density at radius 1 is 1.07 bits per heavy atom. The lowest BCUT2D eigenvalue weighted by Crippen LogP contribution is -2.25. The molecule has 7 nitrogen and oxygen atoms in total. The number of anilines is 1. The van der Waals surface area contributed by atoms with Crippen molar-refractivity contribution in [2.24, 2.45) is 0 Å². The fourth-order valence-corrected chi connectivity index (χ4v) is 2.51. The summed E-state index contributed by atoms with van der Waals surface area (Å²) in [5.74, 6) is -0.967. The van der Waals surface area contributed by atoms with Crippen molar-refractivity contribution in [2.75, 3.05) is 19.0 Å². The zero-order valence-electron chi connectivity index (χ0n) is 15.7. The molecule has 7 heteroatoms. The summed E-state index contributed by atoms with van der Waals surface area (Å²) in [7, 11) is 1.57. The summed E-state index contributed by atoms with van der Waals surface area (Å²) in [6, 6.07) is 13.8. The summed E-state index contributed by atoms with van der Waals surface area (Å²) in [5, 5.41) is 13.8. The van der Waals surface area contributed by atoms with Gasteiger partial charge in [-0.1, -0.05) is 18.2 Å². The van der Waals surface area contributed by atoms with Crippen LogP contribution in [0, 0.1) is 0 Å². The fourth-order valence-electron chi connectivity index (χ4n) is 2.51. The number of carbonyl (C=O) groups is 3. The molecule has 3 N–H and O–H groups in total. The smallest absolute Gasteiger partial charge is 0.305 e. The molecule has 0 fully saturated rings. The molecule has 0 aliphatic rings. The lowest BCUT2D eigenvalue weighted by atomic mass is 10.1. The lowest BCUT2D eigenvalue weighted by Gasteiger charge is -2.09. The molecule has 0 saturated heterocycles. The van der Waals surface area contributed by atoms with Gasteiger partial charge in [0.2, 0.25) is 5.91 Å². The average Bonchev–Trinajstić information content (AvgIpc) is 2.68. The van der Waals surface area contributed by atoms with E-state index < -0.39 is 5.97 Å². The second-order valence-electron chi connectivity index (χ2n) is 5.99. The molecule has 2 rings (SSSR count). The first kappa shape index (κ1) is 20.7. The van der Waals surface area contributed by atoms with Crippen LogP contribution in [0.25, 0.3) is 5.57 Å². The Hall–Kier alpha value is -3.61. The highest BCUT2D eigenvalue weighted by Gasteiger charge is 2.08. The first-order valence-corrected chi connectivity index (χ1v) is 8.63. The summed E-state index contributed by atoms with van der Waals surface area (Å²) in [6.07, 6.45) is 1.34. The summed E-state index contributed by atoms with van der Waals surface area (Å²) in [4.78, 5) is 34.6. The lowest BCUT2D eigenvalue weighted by molar-refractivity contribution is -0.136. The number of carbonyl (C=O) groups excluding carboxylic acids is 2. The van der Waals surface area contributed by atoms with Gasteiger partial charge in [-0.15, -0.1) is 0 Å². The molecule has 0 spiro atoms. The van der Waals surface area contributed by atoms with Crippen LogP contribution < -0.4 is 15.4 Å². The average molecular weight is 382 g/mol. The molecule has 0 aliphatic heterocycles. The van der Waals surface area contributed by atoms with Crippen LogP contribution >= 0.6 is 0 Å². The Kier molecular flexibility index (Phi) is 7.33. The van der Waals surface area contributed by atoms with E-state index in [1.54, 1.807) is 31.4 Å². The third kappa shape index (κ3) is 5.98. The highest BCUT2D eigenvalue weighted by atomic mass is 16.5. The molecule has 0 aliphatic carbocycles. The van der Waals surface area contributed by atoms with Gasteiger partial charge < -0.3 is 20.5 Å². The molecule has 0 atom stereocenters. The van der Waals surface area contributed by atoms with Crippen LogP contribution in [0.1, 0.15) is 29.3 Å². The number of methoxy groups -OCH3 is 1. The number of allylic oxidation sites excluding steroid dienone is 1. The number of rotatable bonds is 8. The fraction of sp³-hybridized carbons (Fsp3) is 0.190. The quantitative estimate of drug-likeness (QED) is 0.609. The normalized spacial score (nSPS) is 10.9. The highest BCUT2D eigenvalue weighted by Crippen LogP contribution is 2.25. The van der Waals surface area contributed by atoms with Gasteiger partial charge in [0.1, 0.15) is 5.75 Å². The number of para-hydroxylation sites is 1. The van der Waals surface area contributed by atoms with Gasteiger partial charge in [0.15, 0.2) is 0 Å². The van der Waals surface area contributed by atoms with Crippen molar-refractivity contribution in [1.29, 1.82) is 0 Å². The number of hydrogen-bond acceptors (Lipinski definition) is 4. The minimum Gasteiger partial charge on any atom is -0.496 e. The summed E-state index contributed by atoms with van der Waals surface area (Å²) >= 11 is 0. The van der Waals surface area contributed by atoms with Crippen molar-refractivity contribution in [3.8, 4) is 5.75 Å². The summed E-state index contributed by atoms with van der Waals surface area (Å²) < 4.78 is 5.30. The zero-order valence-corrected chi connectivity index (χ0v) is 15.7. The van der Waals surface area contributed by atoms with E-state index in [-0.39, 0.29) is 24.8 Å². The molecule has 0 heterocycles. The van der Waals surface area contributed by atoms with Crippen molar-refractivity contribution in [2.45, 2.75) is 13.3 Å². The molecule has 28 heavy (non-hydrogen) atoms. The second-order valence-corrected chi connectivity index (χ2v) is 5.99. The number of hydrogen-bond donors (Lipinski definition) is 3. The van der Waals surface area contributed by atoms with Crippen molar-refractivity contribution in [3.63, 3.8) is 0 Å². The molecule has 0 saturated carbocycles. The monoisotopic (exact) mass is 382 g/mol. The predicted molar refractivity (Wildman–Crippen MR) is 106 cm³/mol. The third-order valence-corrected chi connectivity index (χ3v) is 3.92. The van der Waals surface area contributed by atoms with Gasteiger partial charge in [-0.3, -0.25) is 14.4 Å². The first-order valence-electron chi connectivity index (χ1n) is 8.63. The zero-order chi connectivity index (χ0) is 20.5. The van der Waals surface area contributed by atoms with Gasteiger partial charge in [-0.05, 0) is 42.8 Å². The minimum atomic E-state index is -0.977. The maximum Gasteiger partial charge on any atom is 0.305 e. The number of amides is 2. The van der Waals surface area contributed by atoms with E-state index in [2.05, 4.69) is 10.6 Å². The first-order chi connectivity index (χ1) is 13.4. The molecule has 2 amide bonds. The molecule has 0 bridgehead atoms. The maximum absolute atomic E-state index is 12.3. The van der Waals surface area contributed by atoms with Crippen molar-refractivity contribution in [3.05, 3.63) is 65.7 Å². The number of nitrogens with one attached hydrogen (secondary N) is 2. The Bertz CT molecular complexity index is 888. The Morgan fingerprint density at radius 2 is 1.75 bits per heavy atom. The van der Waals surface area contributed by atoms with Crippen LogP contribution in [0.5, 0.6) is 5.75 Å². The maximum atomic E-state index is 12.3. The van der Waals surface area contributed by atoms with Crippen LogP contribution in [0.2, 0.25) is 0 Å². The van der Waals surface area contributed by atoms with E-state index in [1.165, 1.54) is 6.08 Å². The molecular formula is C21H22N2O5. The van der Waals surface area contributed by atoms with E-state index >= 15 is 0 Å². The molecular weight excluding hydrogens is 360 g/mol. The van der Waals surface area contributed by atoms with Gasteiger partial charge in [0.05, 0.1) is 13.5 Å². The van der Waals surface area contributed by atoms with E-state index in [1.807, 2.05) is 31.2 Å². The van der Waals surface area contributed by atoms with E-state index in [0.29, 0.717) is 17.0 Å². The van der Waals surface area contributed by atoms with E-state index in [9.17, 15) is 14.4 Å². The van der Waals surface area contributed by atoms with Gasteiger partial charge >= 0.3 is 5.97 Å². The third-order valence-electron chi connectivity index (χ3n) is 3.92. The largest absolute Gasteiger partial charge is 0.496 e. The number of carboxylic acids is 1. The molecule has 2 aromatic rings. The van der Waals surface area contributed by atoms with Crippen molar-refractivity contribution >= 4 is 29.0 Å². The molecule has 0 aromatic heterocycles. The molecule has 0 unspecified atom stereocenters. The highest BCUT2D eigenvalue weighted by molar-refractivity contribution is 6.04. The van der Waals surface area contributed by atoms with Gasteiger partial charge in [0, 0.05) is 29.4 Å². The van der Waals surface area contributed by atoms with Crippen LogP contribution in [-0.2, 0) is 9.59 Å². The predicted octanol–water partition coefficient (Wildman–Crippen LogP) is 2.94. The SMILES string of the molecule is COc1ccccc1C(C)=CC(=O)Nc1ccc(C(=O)NCCC(=O)O)cc1. The van der Waals surface area contributed by atoms with Crippen LogP contribution in [0.4, 0.5) is 5.69 Å². The van der Waals surface area contributed by atoms with Crippen LogP contribution in [0.15, 0.2) is 54.6 Å². The van der Waals surface area contributed by atoms with Crippen molar-refractivity contribution in [1.82, 2.24) is 5.32 Å². The molecule has 146 valence electrons. The minimum absolute atomic E-state index is 0.0552. The Morgan fingerprint density at radius 3 is 2.39 bits per heavy atom. The number of carboxylic acid groups (broad SMARTS) is 1. The Labute approximate surface area is 163 Å². The molecule has 0 radical (unpaired) electrons. The van der Waals surface area contributed by atoms with Gasteiger partial charge in [-0.2, -0.15) is 0 Å².